The van der Waals surface area contributed by atoms with E-state index in [-0.39, 0.29) is 11.6 Å². The Balaban J connectivity index is 1.70. The van der Waals surface area contributed by atoms with Gasteiger partial charge in [0.25, 0.3) is 0 Å². The van der Waals surface area contributed by atoms with Gasteiger partial charge in [0.15, 0.2) is 4.96 Å². The Morgan fingerprint density at radius 3 is 2.57 bits per heavy atom. The Morgan fingerprint density at radius 1 is 1.20 bits per heavy atom. The monoisotopic (exact) mass is 427 g/mol. The summed E-state index contributed by atoms with van der Waals surface area (Å²) in [5, 5.41) is 0. The number of nitrogens with zero attached hydrogens (tertiary/aromatic N) is 5. The fourth-order valence-corrected chi connectivity index (χ4v) is 4.55. The predicted molar refractivity (Wildman–Crippen MR) is 118 cm³/mol. The molecule has 4 rings (SSSR count). The van der Waals surface area contributed by atoms with Gasteiger partial charge in [-0.05, 0) is 31.3 Å². The first-order valence-corrected chi connectivity index (χ1v) is 10.8. The van der Waals surface area contributed by atoms with Crippen LogP contribution in [0.5, 0.6) is 0 Å². The molecule has 0 atom stereocenters. The Labute approximate surface area is 179 Å². The third-order valence-corrected chi connectivity index (χ3v) is 6.19. The van der Waals surface area contributed by atoms with Crippen LogP contribution >= 0.6 is 11.3 Å². The van der Waals surface area contributed by atoms with Gasteiger partial charge in [-0.2, -0.15) is 0 Å². The van der Waals surface area contributed by atoms with Gasteiger partial charge >= 0.3 is 0 Å². The zero-order chi connectivity index (χ0) is 21.3. The lowest BCUT2D eigenvalue weighted by molar-refractivity contribution is 0.104. The van der Waals surface area contributed by atoms with Crippen molar-refractivity contribution in [1.29, 1.82) is 0 Å². The first-order valence-electron chi connectivity index (χ1n) is 9.97. The minimum Gasteiger partial charge on any atom is -0.383 e. The predicted octanol–water partition coefficient (Wildman–Crippen LogP) is 3.21. The van der Waals surface area contributed by atoms with E-state index in [4.69, 9.17) is 4.98 Å². The molecule has 158 valence electrons. The maximum Gasteiger partial charge on any atom is 0.206 e. The number of carbonyl (C=O) groups excluding carboxylic acids is 1. The molecule has 0 amide bonds. The van der Waals surface area contributed by atoms with Crippen molar-refractivity contribution in [3.63, 3.8) is 0 Å². The van der Waals surface area contributed by atoms with Gasteiger partial charge in [0.2, 0.25) is 5.78 Å². The van der Waals surface area contributed by atoms with Crippen molar-refractivity contribution in [3.05, 3.63) is 59.1 Å². The molecule has 3 heterocycles. The van der Waals surface area contributed by atoms with Gasteiger partial charge in [-0.1, -0.05) is 11.3 Å². The van der Waals surface area contributed by atoms with Gasteiger partial charge in [0.1, 0.15) is 17.2 Å². The maximum absolute atomic E-state index is 13.4. The molecule has 1 aliphatic heterocycles. The minimum atomic E-state index is -0.311. The third-order valence-electron chi connectivity index (χ3n) is 5.22. The molecule has 2 aromatic heterocycles. The summed E-state index contributed by atoms with van der Waals surface area (Å²) >= 11 is 1.60. The van der Waals surface area contributed by atoms with Crippen LogP contribution in [0.2, 0.25) is 0 Å². The highest BCUT2D eigenvalue weighted by Crippen LogP contribution is 2.30. The van der Waals surface area contributed by atoms with Gasteiger partial charge in [-0.25, -0.2) is 9.37 Å². The molecule has 0 bridgehead atoms. The van der Waals surface area contributed by atoms with Crippen LogP contribution in [0.1, 0.15) is 15.4 Å². The topological polar surface area (TPSA) is 44.1 Å². The molecular weight excluding hydrogens is 401 g/mol. The molecule has 0 saturated carbocycles. The van der Waals surface area contributed by atoms with Crippen LogP contribution < -0.4 is 0 Å². The van der Waals surface area contributed by atoms with Gasteiger partial charge < -0.3 is 9.80 Å². The first kappa shape index (κ1) is 20.7. The maximum atomic E-state index is 13.4. The van der Waals surface area contributed by atoms with Crippen molar-refractivity contribution in [3.8, 4) is 11.3 Å². The van der Waals surface area contributed by atoms with E-state index in [0.717, 1.165) is 43.2 Å². The standard InChI is InChI=1S/C22H26FN5OS/c1-25(2)9-8-19(29)21-20(16-4-6-17(23)7-5-16)24-22-28(21)15-18(30-22)14-27-12-10-26(3)11-13-27/h4-9,15H,10-14H2,1-3H3/b9-8+. The summed E-state index contributed by atoms with van der Waals surface area (Å²) in [4.78, 5) is 26.4. The highest BCUT2D eigenvalue weighted by molar-refractivity contribution is 7.17. The number of hydrogen-bond acceptors (Lipinski definition) is 6. The van der Waals surface area contributed by atoms with Crippen molar-refractivity contribution >= 4 is 22.1 Å². The van der Waals surface area contributed by atoms with Gasteiger partial charge in [-0.3, -0.25) is 14.1 Å². The fraction of sp³-hybridized carbons (Fsp3) is 0.364. The largest absolute Gasteiger partial charge is 0.383 e. The van der Waals surface area contributed by atoms with Crippen LogP contribution in [-0.2, 0) is 6.54 Å². The summed E-state index contributed by atoms with van der Waals surface area (Å²) in [7, 11) is 5.89. The van der Waals surface area contributed by atoms with Gasteiger partial charge in [0, 0.05) is 75.7 Å². The van der Waals surface area contributed by atoms with Crippen LogP contribution in [-0.4, -0.2) is 77.2 Å². The number of hydrogen-bond donors (Lipinski definition) is 0. The summed E-state index contributed by atoms with van der Waals surface area (Å²) in [6.45, 7) is 5.06. The van der Waals surface area contributed by atoms with E-state index < -0.39 is 0 Å². The van der Waals surface area contributed by atoms with E-state index in [2.05, 4.69) is 16.8 Å². The van der Waals surface area contributed by atoms with Crippen LogP contribution in [0, 0.1) is 5.82 Å². The lowest BCUT2D eigenvalue weighted by atomic mass is 10.1. The number of likely N-dealkylation sites (N-methyl/N-ethyl adjacent to an activating group) is 1. The molecule has 1 fully saturated rings. The number of rotatable bonds is 6. The SMILES string of the molecule is CN(C)/C=C/C(=O)c1c(-c2ccc(F)cc2)nc2sc(CN3CCN(C)CC3)cn12. The number of piperazine rings is 1. The quantitative estimate of drug-likeness (QED) is 0.447. The van der Waals surface area contributed by atoms with Gasteiger partial charge in [-0.15, -0.1) is 0 Å². The summed E-state index contributed by atoms with van der Waals surface area (Å²) in [5.41, 5.74) is 1.82. The number of fused-ring (bicyclic) bond motifs is 1. The second-order valence-electron chi connectivity index (χ2n) is 7.89. The summed E-state index contributed by atoms with van der Waals surface area (Å²) in [6.07, 6.45) is 5.30. The third kappa shape index (κ3) is 4.45. The van der Waals surface area contributed by atoms with E-state index in [1.807, 2.05) is 29.6 Å². The Morgan fingerprint density at radius 2 is 1.90 bits per heavy atom. The lowest BCUT2D eigenvalue weighted by Crippen LogP contribution is -2.43. The second-order valence-corrected chi connectivity index (χ2v) is 8.98. The van der Waals surface area contributed by atoms with Crippen LogP contribution in [0.15, 0.2) is 42.7 Å². The number of imidazole rings is 1. The minimum absolute atomic E-state index is 0.125. The lowest BCUT2D eigenvalue weighted by Gasteiger charge is -2.31. The molecule has 0 aliphatic carbocycles. The van der Waals surface area contributed by atoms with Crippen LogP contribution in [0.4, 0.5) is 4.39 Å². The van der Waals surface area contributed by atoms with Crippen molar-refractivity contribution in [2.45, 2.75) is 6.54 Å². The molecule has 0 spiro atoms. The number of halogens is 1. The average molecular weight is 428 g/mol. The van der Waals surface area contributed by atoms with Crippen molar-refractivity contribution in [2.24, 2.45) is 0 Å². The molecule has 1 saturated heterocycles. The van der Waals surface area contributed by atoms with Gasteiger partial charge in [0.05, 0.1) is 0 Å². The molecule has 8 heteroatoms. The number of aromatic nitrogens is 2. The van der Waals surface area contributed by atoms with E-state index in [0.29, 0.717) is 11.4 Å². The summed E-state index contributed by atoms with van der Waals surface area (Å²) in [6, 6.07) is 6.12. The molecule has 0 unspecified atom stereocenters. The number of allylic oxidation sites excluding steroid dienone is 1. The highest BCUT2D eigenvalue weighted by Gasteiger charge is 2.22. The Hall–Kier alpha value is -2.55. The molecule has 30 heavy (non-hydrogen) atoms. The molecule has 0 radical (unpaired) electrons. The Bertz CT molecular complexity index is 1060. The number of thiazole rings is 1. The molecule has 6 nitrogen and oxygen atoms in total. The van der Waals surface area contributed by atoms with E-state index in [9.17, 15) is 9.18 Å². The van der Waals surface area contributed by atoms with E-state index >= 15 is 0 Å². The van der Waals surface area contributed by atoms with E-state index in [1.165, 1.54) is 17.0 Å². The van der Waals surface area contributed by atoms with Crippen molar-refractivity contribution in [1.82, 2.24) is 24.1 Å². The van der Waals surface area contributed by atoms with E-state index in [1.54, 1.807) is 35.7 Å². The molecule has 1 aliphatic rings. The number of ketones is 1. The Kier molecular flexibility index (Phi) is 5.99. The van der Waals surface area contributed by atoms with Crippen LogP contribution in [0.3, 0.4) is 0 Å². The second kappa shape index (κ2) is 8.67. The smallest absolute Gasteiger partial charge is 0.206 e. The van der Waals surface area contributed by atoms with Crippen molar-refractivity contribution in [2.75, 3.05) is 47.3 Å². The first-order chi connectivity index (χ1) is 14.4. The molecule has 0 N–H and O–H groups in total. The van der Waals surface area contributed by atoms with Crippen LogP contribution in [0.25, 0.3) is 16.2 Å². The molecule has 1 aromatic carbocycles. The molecular formula is C22H26FN5OS. The molecule has 3 aromatic rings. The average Bonchev–Trinajstić information content (AvgIpc) is 3.25. The normalized spacial score (nSPS) is 16.0. The number of benzene rings is 1. The zero-order valence-corrected chi connectivity index (χ0v) is 18.3. The fourth-order valence-electron chi connectivity index (χ4n) is 3.53. The zero-order valence-electron chi connectivity index (χ0n) is 17.5. The number of carbonyl (C=O) groups is 1. The summed E-state index contributed by atoms with van der Waals surface area (Å²) < 4.78 is 15.3. The highest BCUT2D eigenvalue weighted by atomic mass is 32.1. The summed E-state index contributed by atoms with van der Waals surface area (Å²) in [5.74, 6) is -0.436. The van der Waals surface area contributed by atoms with Crippen molar-refractivity contribution < 1.29 is 9.18 Å².